The molecule has 0 amide bonds. The third kappa shape index (κ3) is 5.33. The monoisotopic (exact) mass is 729 g/mol. The van der Waals surface area contributed by atoms with Gasteiger partial charge >= 0.3 is 0 Å². The summed E-state index contributed by atoms with van der Waals surface area (Å²) in [5.74, 6) is 0. The van der Waals surface area contributed by atoms with E-state index in [9.17, 15) is 0 Å². The predicted molar refractivity (Wildman–Crippen MR) is 240 cm³/mol. The molecule has 1 heterocycles. The van der Waals surface area contributed by atoms with Gasteiger partial charge < -0.3 is 9.32 Å². The Morgan fingerprint density at radius 3 is 1.86 bits per heavy atom. The standard InChI is InChI=1S/C55H39NO/c1-55(2)48-21-10-8-18-45(48)46-32-31-42(35-49(46)55)56(41-29-27-37(28-30-41)36-13-4-3-5-14-36)50-33-34-52-54(47-19-9-11-22-51(47)57-52)53(50)40-25-23-39(24-26-40)44-20-12-16-38-15-6-7-17-43(38)44/h3-35H,1-2H3. The molecule has 2 heteroatoms. The Labute approximate surface area is 332 Å². The number of anilines is 3. The van der Waals surface area contributed by atoms with E-state index in [1.165, 1.54) is 55.3 Å². The molecule has 0 unspecified atom stereocenters. The average Bonchev–Trinajstić information content (AvgIpc) is 3.76. The molecule has 0 fully saturated rings. The smallest absolute Gasteiger partial charge is 0.136 e. The number of hydrogen-bond donors (Lipinski definition) is 0. The number of benzene rings is 9. The quantitative estimate of drug-likeness (QED) is 0.169. The first kappa shape index (κ1) is 33.2. The van der Waals surface area contributed by atoms with Crippen LogP contribution in [-0.4, -0.2) is 0 Å². The van der Waals surface area contributed by atoms with Crippen molar-refractivity contribution in [2.24, 2.45) is 0 Å². The molecule has 9 aromatic carbocycles. The lowest BCUT2D eigenvalue weighted by atomic mass is 9.82. The molecule has 0 spiro atoms. The SMILES string of the molecule is CC1(C)c2ccccc2-c2ccc(N(c3ccc(-c4ccccc4)cc3)c3ccc4oc5ccccc5c4c3-c3ccc(-c4cccc5ccccc45)cc3)cc21. The summed E-state index contributed by atoms with van der Waals surface area (Å²) in [6, 6.07) is 72.7. The summed E-state index contributed by atoms with van der Waals surface area (Å²) in [5.41, 5.74) is 17.3. The Hall–Kier alpha value is -7.16. The Bertz CT molecular complexity index is 3130. The topological polar surface area (TPSA) is 16.4 Å². The lowest BCUT2D eigenvalue weighted by molar-refractivity contribution is 0.660. The zero-order valence-electron chi connectivity index (χ0n) is 31.9. The van der Waals surface area contributed by atoms with Crippen LogP contribution in [0.4, 0.5) is 17.1 Å². The van der Waals surface area contributed by atoms with Gasteiger partial charge in [-0.3, -0.25) is 0 Å². The van der Waals surface area contributed by atoms with Crippen LogP contribution in [0.1, 0.15) is 25.0 Å². The lowest BCUT2D eigenvalue weighted by Gasteiger charge is -2.30. The number of fused-ring (bicyclic) bond motifs is 7. The zero-order valence-corrected chi connectivity index (χ0v) is 31.9. The van der Waals surface area contributed by atoms with Gasteiger partial charge in [0.1, 0.15) is 11.2 Å². The van der Waals surface area contributed by atoms with Gasteiger partial charge in [-0.05, 0) is 103 Å². The Kier molecular flexibility index (Phi) is 7.55. The van der Waals surface area contributed by atoms with E-state index in [1.54, 1.807) is 0 Å². The molecule has 1 aromatic heterocycles. The molecular formula is C55H39NO. The Balaban J connectivity index is 1.15. The van der Waals surface area contributed by atoms with E-state index in [-0.39, 0.29) is 5.41 Å². The van der Waals surface area contributed by atoms with E-state index in [1.807, 2.05) is 0 Å². The van der Waals surface area contributed by atoms with Crippen LogP contribution < -0.4 is 4.90 Å². The van der Waals surface area contributed by atoms with E-state index in [2.05, 4.69) is 219 Å². The summed E-state index contributed by atoms with van der Waals surface area (Å²) in [6.07, 6.45) is 0. The Morgan fingerprint density at radius 1 is 0.404 bits per heavy atom. The lowest BCUT2D eigenvalue weighted by Crippen LogP contribution is -2.17. The highest BCUT2D eigenvalue weighted by Crippen LogP contribution is 2.52. The number of furan rings is 1. The average molecular weight is 730 g/mol. The van der Waals surface area contributed by atoms with E-state index < -0.39 is 0 Å². The van der Waals surface area contributed by atoms with Gasteiger partial charge in [0.15, 0.2) is 0 Å². The minimum absolute atomic E-state index is 0.143. The van der Waals surface area contributed by atoms with Crippen molar-refractivity contribution in [3.8, 4) is 44.5 Å². The van der Waals surface area contributed by atoms with Gasteiger partial charge in [-0.15, -0.1) is 0 Å². The van der Waals surface area contributed by atoms with Gasteiger partial charge in [-0.25, -0.2) is 0 Å². The van der Waals surface area contributed by atoms with E-state index in [0.29, 0.717) is 0 Å². The molecule has 0 atom stereocenters. The molecule has 2 nitrogen and oxygen atoms in total. The molecular weight excluding hydrogens is 691 g/mol. The number of hydrogen-bond acceptors (Lipinski definition) is 2. The van der Waals surface area contributed by atoms with Crippen LogP contribution in [0, 0.1) is 0 Å². The van der Waals surface area contributed by atoms with Crippen LogP contribution in [0.25, 0.3) is 77.2 Å². The van der Waals surface area contributed by atoms with Crippen LogP contribution >= 0.6 is 0 Å². The molecule has 0 saturated carbocycles. The van der Waals surface area contributed by atoms with Gasteiger partial charge in [0.05, 0.1) is 5.69 Å². The predicted octanol–water partition coefficient (Wildman–Crippen LogP) is 15.5. The van der Waals surface area contributed by atoms with Crippen LogP contribution in [0.2, 0.25) is 0 Å². The van der Waals surface area contributed by atoms with E-state index in [0.717, 1.165) is 50.1 Å². The second kappa shape index (κ2) is 13.0. The second-order valence-corrected chi connectivity index (χ2v) is 15.7. The van der Waals surface area contributed by atoms with E-state index in [4.69, 9.17) is 4.42 Å². The molecule has 1 aliphatic carbocycles. The maximum Gasteiger partial charge on any atom is 0.136 e. The fourth-order valence-electron chi connectivity index (χ4n) is 9.27. The minimum atomic E-state index is -0.143. The first-order valence-corrected chi connectivity index (χ1v) is 19.8. The van der Waals surface area contributed by atoms with E-state index >= 15 is 0 Å². The summed E-state index contributed by atoms with van der Waals surface area (Å²) in [4.78, 5) is 2.45. The third-order valence-corrected chi connectivity index (χ3v) is 12.1. The summed E-state index contributed by atoms with van der Waals surface area (Å²) in [6.45, 7) is 4.71. The fourth-order valence-corrected chi connectivity index (χ4v) is 9.27. The highest BCUT2D eigenvalue weighted by Gasteiger charge is 2.36. The molecule has 0 saturated heterocycles. The summed E-state index contributed by atoms with van der Waals surface area (Å²) in [5, 5.41) is 4.71. The van der Waals surface area contributed by atoms with Crippen molar-refractivity contribution in [3.05, 3.63) is 211 Å². The minimum Gasteiger partial charge on any atom is -0.456 e. The molecule has 57 heavy (non-hydrogen) atoms. The summed E-state index contributed by atoms with van der Waals surface area (Å²) < 4.78 is 6.57. The van der Waals surface area contributed by atoms with Crippen LogP contribution in [0.3, 0.4) is 0 Å². The molecule has 10 aromatic rings. The van der Waals surface area contributed by atoms with Crippen molar-refractivity contribution in [1.82, 2.24) is 0 Å². The molecule has 1 aliphatic rings. The molecule has 0 radical (unpaired) electrons. The van der Waals surface area contributed by atoms with Crippen LogP contribution in [0.15, 0.2) is 205 Å². The molecule has 270 valence electrons. The second-order valence-electron chi connectivity index (χ2n) is 15.7. The van der Waals surface area contributed by atoms with Gasteiger partial charge in [-0.1, -0.05) is 172 Å². The maximum absolute atomic E-state index is 6.57. The highest BCUT2D eigenvalue weighted by atomic mass is 16.3. The fraction of sp³-hybridized carbons (Fsp3) is 0.0545. The van der Waals surface area contributed by atoms with Crippen molar-refractivity contribution < 1.29 is 4.42 Å². The van der Waals surface area contributed by atoms with Crippen LogP contribution in [0.5, 0.6) is 0 Å². The van der Waals surface area contributed by atoms with Gasteiger partial charge in [0.2, 0.25) is 0 Å². The first-order chi connectivity index (χ1) is 28.0. The Morgan fingerprint density at radius 2 is 1.02 bits per heavy atom. The van der Waals surface area contributed by atoms with Crippen molar-refractivity contribution >= 4 is 49.8 Å². The zero-order chi connectivity index (χ0) is 38.1. The van der Waals surface area contributed by atoms with Crippen molar-refractivity contribution in [2.75, 3.05) is 4.90 Å². The summed E-state index contributed by atoms with van der Waals surface area (Å²) in [7, 11) is 0. The normalized spacial score (nSPS) is 12.9. The van der Waals surface area contributed by atoms with Gasteiger partial charge in [-0.2, -0.15) is 0 Å². The molecule has 0 bridgehead atoms. The van der Waals surface area contributed by atoms with Crippen molar-refractivity contribution in [2.45, 2.75) is 19.3 Å². The van der Waals surface area contributed by atoms with Gasteiger partial charge in [0.25, 0.3) is 0 Å². The molecule has 11 rings (SSSR count). The molecule has 0 N–H and O–H groups in total. The molecule has 0 aliphatic heterocycles. The number of rotatable bonds is 6. The number of para-hydroxylation sites is 1. The van der Waals surface area contributed by atoms with Crippen molar-refractivity contribution in [3.63, 3.8) is 0 Å². The van der Waals surface area contributed by atoms with Crippen LogP contribution in [-0.2, 0) is 5.41 Å². The van der Waals surface area contributed by atoms with Crippen molar-refractivity contribution in [1.29, 1.82) is 0 Å². The first-order valence-electron chi connectivity index (χ1n) is 19.8. The van der Waals surface area contributed by atoms with Gasteiger partial charge in [0, 0.05) is 33.1 Å². The third-order valence-electron chi connectivity index (χ3n) is 12.1. The number of nitrogens with zero attached hydrogens (tertiary/aromatic N) is 1. The largest absolute Gasteiger partial charge is 0.456 e. The highest BCUT2D eigenvalue weighted by molar-refractivity contribution is 6.16. The summed E-state index contributed by atoms with van der Waals surface area (Å²) >= 11 is 0. The maximum atomic E-state index is 6.57.